The molecular weight excluding hydrogens is 584 g/mol. The standard InChI is InChI=1S/C30H28ClF2N5O3S/c1-3-38-29(24-14-23(24)19-5-7-21(31)8-6-19)36-37-30(38)42-17-28(39)35-34-15-18-4-10-26(40-2)20(12-18)16-41-27-11-9-22(32)13-25(27)33/h4-13,15,23-24H,3,14,16-17H2,1-2H3,(H,35,39)/b34-15-/t23-,24+/m0/s1. The van der Waals surface area contributed by atoms with Gasteiger partial charge in [-0.1, -0.05) is 35.5 Å². The maximum Gasteiger partial charge on any atom is 0.250 e. The van der Waals surface area contributed by atoms with Crippen molar-refractivity contribution in [2.24, 2.45) is 5.10 Å². The SMILES string of the molecule is CCn1c(SCC(=O)N/N=C\c2ccc(OC)c(COc3ccc(F)cc3F)c2)nnc1[C@@H]1C[C@H]1c1ccc(Cl)cc1. The molecule has 1 aliphatic carbocycles. The molecule has 1 amide bonds. The van der Waals surface area contributed by atoms with Gasteiger partial charge in [-0.2, -0.15) is 5.10 Å². The molecule has 1 fully saturated rings. The van der Waals surface area contributed by atoms with E-state index in [4.69, 9.17) is 21.1 Å². The fourth-order valence-electron chi connectivity index (χ4n) is 4.62. The van der Waals surface area contributed by atoms with E-state index in [1.54, 1.807) is 18.2 Å². The molecule has 1 aliphatic rings. The van der Waals surface area contributed by atoms with Crippen LogP contribution in [0.5, 0.6) is 11.5 Å². The molecule has 4 aromatic rings. The lowest BCUT2D eigenvalue weighted by atomic mass is 10.1. The van der Waals surface area contributed by atoms with Crippen LogP contribution in [0.25, 0.3) is 0 Å². The second kappa shape index (κ2) is 13.3. The highest BCUT2D eigenvalue weighted by Gasteiger charge is 2.43. The first-order chi connectivity index (χ1) is 20.4. The number of hydrazone groups is 1. The van der Waals surface area contributed by atoms with Crippen LogP contribution >= 0.6 is 23.4 Å². The first kappa shape index (κ1) is 29.5. The minimum atomic E-state index is -0.796. The summed E-state index contributed by atoms with van der Waals surface area (Å²) in [5.41, 5.74) is 5.05. The summed E-state index contributed by atoms with van der Waals surface area (Å²) in [6, 6.07) is 16.2. The molecule has 0 unspecified atom stereocenters. The van der Waals surface area contributed by atoms with Crippen LogP contribution in [0, 0.1) is 11.6 Å². The summed E-state index contributed by atoms with van der Waals surface area (Å²) in [5.74, 6) is 0.406. The maximum absolute atomic E-state index is 13.9. The summed E-state index contributed by atoms with van der Waals surface area (Å²) < 4.78 is 40.0. The van der Waals surface area contributed by atoms with Crippen molar-refractivity contribution in [1.29, 1.82) is 0 Å². The molecular formula is C30H28ClF2N5O3S. The number of ether oxygens (including phenoxy) is 2. The van der Waals surface area contributed by atoms with Gasteiger partial charge in [-0.05, 0) is 72.9 Å². The number of nitrogens with one attached hydrogen (secondary N) is 1. The second-order valence-electron chi connectivity index (χ2n) is 9.60. The predicted octanol–water partition coefficient (Wildman–Crippen LogP) is 6.33. The number of nitrogens with zero attached hydrogens (tertiary/aromatic N) is 4. The van der Waals surface area contributed by atoms with Gasteiger partial charge in [-0.3, -0.25) is 4.79 Å². The van der Waals surface area contributed by atoms with Gasteiger partial charge in [0.25, 0.3) is 5.91 Å². The fraction of sp³-hybridized carbons (Fsp3) is 0.267. The third-order valence-corrected chi connectivity index (χ3v) is 8.02. The van der Waals surface area contributed by atoms with Crippen LogP contribution in [0.2, 0.25) is 5.02 Å². The highest BCUT2D eigenvalue weighted by Crippen LogP contribution is 2.54. The van der Waals surface area contributed by atoms with E-state index in [1.807, 2.05) is 19.1 Å². The van der Waals surface area contributed by atoms with Crippen molar-refractivity contribution in [1.82, 2.24) is 20.2 Å². The zero-order valence-electron chi connectivity index (χ0n) is 22.9. The van der Waals surface area contributed by atoms with Crippen LogP contribution in [0.3, 0.4) is 0 Å². The number of methoxy groups -OCH3 is 1. The van der Waals surface area contributed by atoms with Crippen LogP contribution in [-0.4, -0.2) is 39.7 Å². The number of aromatic nitrogens is 3. The van der Waals surface area contributed by atoms with Crippen molar-refractivity contribution in [2.45, 2.75) is 43.5 Å². The first-order valence-corrected chi connectivity index (χ1v) is 14.6. The number of carbonyl (C=O) groups excluding carboxylic acids is 1. The van der Waals surface area contributed by atoms with Gasteiger partial charge < -0.3 is 14.0 Å². The maximum atomic E-state index is 13.9. The number of hydrogen-bond donors (Lipinski definition) is 1. The summed E-state index contributed by atoms with van der Waals surface area (Å²) in [6.07, 6.45) is 2.49. The molecule has 8 nitrogen and oxygen atoms in total. The Bertz CT molecular complexity index is 1600. The molecule has 1 aromatic heterocycles. The molecule has 0 saturated heterocycles. The normalized spacial score (nSPS) is 16.0. The molecule has 1 saturated carbocycles. The Hall–Kier alpha value is -3.96. The second-order valence-corrected chi connectivity index (χ2v) is 11.0. The molecule has 3 aromatic carbocycles. The zero-order chi connectivity index (χ0) is 29.6. The van der Waals surface area contributed by atoms with E-state index in [2.05, 4.69) is 37.4 Å². The molecule has 218 valence electrons. The molecule has 1 heterocycles. The topological polar surface area (TPSA) is 90.6 Å². The van der Waals surface area contributed by atoms with E-state index < -0.39 is 11.6 Å². The molecule has 0 aliphatic heterocycles. The summed E-state index contributed by atoms with van der Waals surface area (Å²) in [7, 11) is 1.51. The lowest BCUT2D eigenvalue weighted by molar-refractivity contribution is -0.118. The Morgan fingerprint density at radius 1 is 1.12 bits per heavy atom. The summed E-state index contributed by atoms with van der Waals surface area (Å²) in [4.78, 5) is 12.5. The molecule has 5 rings (SSSR count). The van der Waals surface area contributed by atoms with Gasteiger partial charge in [0, 0.05) is 29.1 Å². The quantitative estimate of drug-likeness (QED) is 0.114. The lowest BCUT2D eigenvalue weighted by Crippen LogP contribution is -2.20. The molecule has 0 spiro atoms. The van der Waals surface area contributed by atoms with E-state index in [9.17, 15) is 13.6 Å². The van der Waals surface area contributed by atoms with E-state index in [0.717, 1.165) is 24.4 Å². The van der Waals surface area contributed by atoms with Crippen molar-refractivity contribution in [2.75, 3.05) is 12.9 Å². The number of rotatable bonds is 12. The molecule has 42 heavy (non-hydrogen) atoms. The molecule has 12 heteroatoms. The Labute approximate surface area is 251 Å². The van der Waals surface area contributed by atoms with E-state index in [0.29, 0.717) is 45.4 Å². The molecule has 0 bridgehead atoms. The van der Waals surface area contributed by atoms with Crippen molar-refractivity contribution >= 4 is 35.5 Å². The monoisotopic (exact) mass is 611 g/mol. The van der Waals surface area contributed by atoms with Crippen LogP contribution < -0.4 is 14.9 Å². The Morgan fingerprint density at radius 2 is 1.90 bits per heavy atom. The summed E-state index contributed by atoms with van der Waals surface area (Å²) in [5, 5.41) is 14.2. The molecule has 0 radical (unpaired) electrons. The summed E-state index contributed by atoms with van der Waals surface area (Å²) in [6.45, 7) is 2.72. The van der Waals surface area contributed by atoms with Gasteiger partial charge in [0.15, 0.2) is 16.7 Å². The highest BCUT2D eigenvalue weighted by atomic mass is 35.5. The Balaban J connectivity index is 1.14. The lowest BCUT2D eigenvalue weighted by Gasteiger charge is -2.11. The molecule has 2 atom stereocenters. The van der Waals surface area contributed by atoms with Crippen molar-refractivity contribution in [3.05, 3.63) is 99.8 Å². The first-order valence-electron chi connectivity index (χ1n) is 13.2. The van der Waals surface area contributed by atoms with Gasteiger partial charge in [0.05, 0.1) is 19.1 Å². The molecule has 1 N–H and O–H groups in total. The van der Waals surface area contributed by atoms with E-state index in [1.165, 1.54) is 36.7 Å². The Morgan fingerprint density at radius 3 is 2.64 bits per heavy atom. The largest absolute Gasteiger partial charge is 0.496 e. The van der Waals surface area contributed by atoms with Gasteiger partial charge in [-0.15, -0.1) is 10.2 Å². The van der Waals surface area contributed by atoms with Gasteiger partial charge in [0.2, 0.25) is 0 Å². The summed E-state index contributed by atoms with van der Waals surface area (Å²) >= 11 is 7.33. The number of amides is 1. The van der Waals surface area contributed by atoms with Crippen LogP contribution in [0.15, 0.2) is 70.9 Å². The third kappa shape index (κ3) is 7.08. The minimum Gasteiger partial charge on any atom is -0.496 e. The van der Waals surface area contributed by atoms with Crippen LogP contribution in [-0.2, 0) is 17.9 Å². The van der Waals surface area contributed by atoms with Crippen molar-refractivity contribution < 1.29 is 23.0 Å². The number of halogens is 3. The van der Waals surface area contributed by atoms with Gasteiger partial charge >= 0.3 is 0 Å². The number of benzene rings is 3. The van der Waals surface area contributed by atoms with E-state index >= 15 is 0 Å². The highest BCUT2D eigenvalue weighted by molar-refractivity contribution is 7.99. The van der Waals surface area contributed by atoms with E-state index in [-0.39, 0.29) is 24.0 Å². The average molecular weight is 612 g/mol. The van der Waals surface area contributed by atoms with Crippen LogP contribution in [0.4, 0.5) is 8.78 Å². The minimum absolute atomic E-state index is 0.0161. The van der Waals surface area contributed by atoms with Gasteiger partial charge in [0.1, 0.15) is 24.0 Å². The number of carbonyl (C=O) groups is 1. The van der Waals surface area contributed by atoms with Gasteiger partial charge in [-0.25, -0.2) is 14.2 Å². The van der Waals surface area contributed by atoms with Crippen molar-refractivity contribution in [3.63, 3.8) is 0 Å². The smallest absolute Gasteiger partial charge is 0.250 e. The third-order valence-electron chi connectivity index (χ3n) is 6.80. The van der Waals surface area contributed by atoms with Crippen LogP contribution in [0.1, 0.15) is 47.7 Å². The number of thioether (sulfide) groups is 1. The van der Waals surface area contributed by atoms with Crippen molar-refractivity contribution in [3.8, 4) is 11.5 Å². The number of hydrogen-bond acceptors (Lipinski definition) is 7. The Kier molecular flexibility index (Phi) is 9.38. The predicted molar refractivity (Wildman–Crippen MR) is 157 cm³/mol. The average Bonchev–Trinajstić information content (AvgIpc) is 3.67. The fourth-order valence-corrected chi connectivity index (χ4v) is 5.55. The zero-order valence-corrected chi connectivity index (χ0v) is 24.5.